The van der Waals surface area contributed by atoms with Crippen LogP contribution in [0.15, 0.2) is 55.1 Å². The van der Waals surface area contributed by atoms with Crippen LogP contribution in [0.25, 0.3) is 22.3 Å². The number of fused-ring (bicyclic) bond motifs is 2. The fraction of sp³-hybridized carbons (Fsp3) is 0.463. The molecule has 8 heterocycles. The lowest BCUT2D eigenvalue weighted by molar-refractivity contribution is -0.123. The standard InChI is InChI=1S/C41H48N14O5S/c1-26(2)55-34-20-36(45-35-7-11-42-38(46-35)29-21-44-54(25-29)61(59,60)31-4-5-31)43-22-33(34)39(48-55)51-12-8-30(9-13-51)50-17-15-49(16-18-50)23-27-3-6-32-28(19-27)24-53(40(32)57)52-14-10-37(56)47-41(52)58/h3,6-7,11,19-22,25-26,30-31H,4-5,8-10,12-18,23-24H2,1-2H3,(H,47,56,58)(H,42,43,45,46). The summed E-state index contributed by atoms with van der Waals surface area (Å²) in [7, 11) is -3.49. The second-order valence-electron chi connectivity index (χ2n) is 16.8. The van der Waals surface area contributed by atoms with Crippen molar-refractivity contribution in [3.63, 3.8) is 0 Å². The number of pyridine rings is 1. The molecule has 5 aromatic rings. The molecule has 1 saturated carbocycles. The zero-order chi connectivity index (χ0) is 42.0. The SMILES string of the molecule is CC(C)n1nc(N2CCC(N3CCN(Cc4ccc5c(c4)CN(N4CCC(=O)NC4=O)C5=O)CC3)CC2)c2cnc(Nc3ccnc(-c4cnn(S(=O)(=O)C5CC5)c4)n3)cc21. The van der Waals surface area contributed by atoms with Gasteiger partial charge >= 0.3 is 6.03 Å². The molecule has 2 N–H and O–H groups in total. The number of benzene rings is 1. The zero-order valence-corrected chi connectivity index (χ0v) is 35.0. The Kier molecular flexibility index (Phi) is 9.94. The largest absolute Gasteiger partial charge is 0.354 e. The molecule has 20 heteroatoms. The Morgan fingerprint density at radius 2 is 1.69 bits per heavy atom. The summed E-state index contributed by atoms with van der Waals surface area (Å²) < 4.78 is 28.4. The molecule has 0 spiro atoms. The molecule has 318 valence electrons. The van der Waals surface area contributed by atoms with E-state index in [4.69, 9.17) is 10.1 Å². The predicted molar refractivity (Wildman–Crippen MR) is 225 cm³/mol. The first-order chi connectivity index (χ1) is 29.5. The molecule has 3 saturated heterocycles. The molecule has 10 rings (SSSR count). The number of piperazine rings is 1. The van der Waals surface area contributed by atoms with E-state index < -0.39 is 16.1 Å². The lowest BCUT2D eigenvalue weighted by atomic mass is 10.0. The molecule has 1 aliphatic carbocycles. The quantitative estimate of drug-likeness (QED) is 0.196. The molecule has 1 aromatic carbocycles. The summed E-state index contributed by atoms with van der Waals surface area (Å²) in [4.78, 5) is 58.4. The van der Waals surface area contributed by atoms with Gasteiger partial charge in [0.15, 0.2) is 11.6 Å². The van der Waals surface area contributed by atoms with Crippen LogP contribution in [-0.2, 0) is 27.9 Å². The van der Waals surface area contributed by atoms with E-state index in [2.05, 4.69) is 60.3 Å². The van der Waals surface area contributed by atoms with Crippen LogP contribution >= 0.6 is 0 Å². The maximum absolute atomic E-state index is 13.1. The molecule has 0 radical (unpaired) electrons. The average molecular weight is 849 g/mol. The minimum Gasteiger partial charge on any atom is -0.354 e. The molecule has 5 aliphatic rings. The van der Waals surface area contributed by atoms with Gasteiger partial charge in [0.2, 0.25) is 5.91 Å². The average Bonchev–Trinajstić information content (AvgIpc) is 3.75. The number of nitrogens with one attached hydrogen (secondary N) is 2. The molecule has 4 aromatic heterocycles. The Bertz CT molecular complexity index is 2640. The third-order valence-electron chi connectivity index (χ3n) is 12.4. The summed E-state index contributed by atoms with van der Waals surface area (Å²) >= 11 is 0. The van der Waals surface area contributed by atoms with Crippen LogP contribution in [0.4, 0.5) is 22.2 Å². The van der Waals surface area contributed by atoms with Gasteiger partial charge in [-0.15, -0.1) is 0 Å². The molecular formula is C41H48N14O5S. The number of anilines is 3. The smallest absolute Gasteiger partial charge is 0.342 e. The summed E-state index contributed by atoms with van der Waals surface area (Å²) in [6.45, 7) is 11.3. The normalized spacial score (nSPS) is 19.7. The van der Waals surface area contributed by atoms with Gasteiger partial charge in [0.05, 0.1) is 47.2 Å². The maximum atomic E-state index is 13.1. The van der Waals surface area contributed by atoms with Gasteiger partial charge in [-0.1, -0.05) is 12.1 Å². The number of carbonyl (C=O) groups excluding carboxylic acids is 3. The first-order valence-electron chi connectivity index (χ1n) is 21.0. The predicted octanol–water partition coefficient (Wildman–Crippen LogP) is 3.35. The number of piperidine rings is 1. The second kappa shape index (κ2) is 15.5. The highest BCUT2D eigenvalue weighted by Crippen LogP contribution is 2.34. The molecule has 61 heavy (non-hydrogen) atoms. The molecule has 4 aliphatic heterocycles. The number of amides is 4. The third kappa shape index (κ3) is 7.56. The highest BCUT2D eigenvalue weighted by atomic mass is 32.2. The van der Waals surface area contributed by atoms with E-state index in [0.29, 0.717) is 54.0 Å². The highest BCUT2D eigenvalue weighted by Gasteiger charge is 2.39. The molecule has 4 fully saturated rings. The van der Waals surface area contributed by atoms with Crippen molar-refractivity contribution in [2.75, 3.05) is 56.0 Å². The van der Waals surface area contributed by atoms with Crippen LogP contribution in [-0.4, -0.2) is 137 Å². The maximum Gasteiger partial charge on any atom is 0.342 e. The van der Waals surface area contributed by atoms with Gasteiger partial charge in [-0.2, -0.15) is 14.3 Å². The van der Waals surface area contributed by atoms with Crippen LogP contribution in [0, 0.1) is 0 Å². The van der Waals surface area contributed by atoms with Crippen LogP contribution in [0.1, 0.15) is 73.5 Å². The Labute approximate surface area is 352 Å². The van der Waals surface area contributed by atoms with E-state index >= 15 is 0 Å². The van der Waals surface area contributed by atoms with E-state index in [1.165, 1.54) is 22.4 Å². The number of hydrazine groups is 1. The van der Waals surface area contributed by atoms with Crippen molar-refractivity contribution in [2.45, 2.75) is 76.4 Å². The van der Waals surface area contributed by atoms with Crippen LogP contribution < -0.4 is 15.5 Å². The number of aromatic nitrogens is 7. The van der Waals surface area contributed by atoms with E-state index in [1.54, 1.807) is 12.3 Å². The summed E-state index contributed by atoms with van der Waals surface area (Å²) in [6, 6.07) is 9.78. The van der Waals surface area contributed by atoms with Crippen molar-refractivity contribution in [1.82, 2.24) is 59.1 Å². The Hall–Kier alpha value is -5.99. The van der Waals surface area contributed by atoms with Crippen LogP contribution in [0.2, 0.25) is 0 Å². The van der Waals surface area contributed by atoms with Crippen molar-refractivity contribution < 1.29 is 22.8 Å². The van der Waals surface area contributed by atoms with Crippen molar-refractivity contribution in [2.24, 2.45) is 0 Å². The molecule has 4 amide bonds. The Morgan fingerprint density at radius 3 is 2.44 bits per heavy atom. The van der Waals surface area contributed by atoms with Crippen LogP contribution in [0.3, 0.4) is 0 Å². The van der Waals surface area contributed by atoms with E-state index in [9.17, 15) is 22.8 Å². The first kappa shape index (κ1) is 39.2. The summed E-state index contributed by atoms with van der Waals surface area (Å²) in [5.74, 6) is 1.90. The molecule has 0 unspecified atom stereocenters. The highest BCUT2D eigenvalue weighted by molar-refractivity contribution is 7.90. The fourth-order valence-electron chi connectivity index (χ4n) is 8.91. The molecular weight excluding hydrogens is 801 g/mol. The fourth-order valence-corrected chi connectivity index (χ4v) is 10.4. The van der Waals surface area contributed by atoms with Gasteiger partial charge in [0.25, 0.3) is 15.9 Å². The zero-order valence-electron chi connectivity index (χ0n) is 34.1. The van der Waals surface area contributed by atoms with Gasteiger partial charge in [0.1, 0.15) is 11.6 Å². The minimum atomic E-state index is -3.49. The summed E-state index contributed by atoms with van der Waals surface area (Å²) in [5.41, 5.74) is 4.14. The van der Waals surface area contributed by atoms with Crippen LogP contribution in [0.5, 0.6) is 0 Å². The van der Waals surface area contributed by atoms with Gasteiger partial charge in [0, 0.05) is 88.3 Å². The van der Waals surface area contributed by atoms with Crippen molar-refractivity contribution in [3.05, 3.63) is 71.8 Å². The summed E-state index contributed by atoms with van der Waals surface area (Å²) in [6.07, 6.45) is 10.0. The van der Waals surface area contributed by atoms with Gasteiger partial charge in [-0.05, 0) is 62.8 Å². The first-order valence-corrected chi connectivity index (χ1v) is 22.5. The Morgan fingerprint density at radius 1 is 0.885 bits per heavy atom. The van der Waals surface area contributed by atoms with Gasteiger partial charge in [-0.3, -0.25) is 29.4 Å². The molecule has 19 nitrogen and oxygen atoms in total. The van der Waals surface area contributed by atoms with E-state index in [0.717, 1.165) is 90.6 Å². The molecule has 0 atom stereocenters. The number of rotatable bonds is 11. The Balaban J connectivity index is 0.744. The molecule has 0 bridgehead atoms. The van der Waals surface area contributed by atoms with Crippen molar-refractivity contribution in [1.29, 1.82) is 0 Å². The van der Waals surface area contributed by atoms with Crippen molar-refractivity contribution in [3.8, 4) is 11.4 Å². The van der Waals surface area contributed by atoms with Crippen molar-refractivity contribution >= 4 is 56.2 Å². The number of hydrogen-bond acceptors (Lipinski definition) is 14. The van der Waals surface area contributed by atoms with Gasteiger partial charge < -0.3 is 10.2 Å². The monoisotopic (exact) mass is 848 g/mol. The number of urea groups is 1. The van der Waals surface area contributed by atoms with E-state index in [1.807, 2.05) is 29.1 Å². The summed E-state index contributed by atoms with van der Waals surface area (Å²) in [5, 5.41) is 18.2. The van der Waals surface area contributed by atoms with E-state index in [-0.39, 0.29) is 36.1 Å². The number of hydrogen-bond donors (Lipinski definition) is 2. The minimum absolute atomic E-state index is 0.124. The topological polar surface area (TPSA) is 200 Å². The lowest BCUT2D eigenvalue weighted by Gasteiger charge is -2.43. The lowest BCUT2D eigenvalue weighted by Crippen LogP contribution is -2.56. The number of carbonyl (C=O) groups is 3. The number of nitrogens with zero attached hydrogens (tertiary/aromatic N) is 12. The number of imide groups is 1. The van der Waals surface area contributed by atoms with Gasteiger partial charge in [-0.25, -0.2) is 38.2 Å². The second-order valence-corrected chi connectivity index (χ2v) is 18.9. The third-order valence-corrected chi connectivity index (χ3v) is 14.4.